The molecule has 0 unspecified atom stereocenters. The zero-order valence-electron chi connectivity index (χ0n) is 16.0. The molecule has 8 heteroatoms. The van der Waals surface area contributed by atoms with E-state index < -0.39 is 0 Å². The van der Waals surface area contributed by atoms with Crippen LogP contribution < -0.4 is 20.1 Å². The number of aliphatic imine (C=N–C) groups is 1. The van der Waals surface area contributed by atoms with E-state index in [2.05, 4.69) is 15.6 Å². The predicted molar refractivity (Wildman–Crippen MR) is 115 cm³/mol. The van der Waals surface area contributed by atoms with Gasteiger partial charge in [-0.1, -0.05) is 6.07 Å². The molecule has 150 valence electrons. The highest BCUT2D eigenvalue weighted by Gasteiger charge is 1.99. The van der Waals surface area contributed by atoms with E-state index in [0.29, 0.717) is 26.4 Å². The summed E-state index contributed by atoms with van der Waals surface area (Å²) in [5.41, 5.74) is 0. The summed E-state index contributed by atoms with van der Waals surface area (Å²) < 4.78 is 21.2. The number of hydrogen-bond acceptors (Lipinski definition) is 5. The molecule has 1 aromatic rings. The Labute approximate surface area is 173 Å². The van der Waals surface area contributed by atoms with Crippen LogP contribution in [0.2, 0.25) is 0 Å². The Balaban J connectivity index is 0.00000625. The largest absolute Gasteiger partial charge is 0.497 e. The van der Waals surface area contributed by atoms with Crippen LogP contribution in [0.3, 0.4) is 0 Å². The second-order valence-electron chi connectivity index (χ2n) is 5.27. The van der Waals surface area contributed by atoms with E-state index >= 15 is 0 Å². The first kappa shape index (κ1) is 24.7. The lowest BCUT2D eigenvalue weighted by molar-refractivity contribution is 0.0698. The minimum Gasteiger partial charge on any atom is -0.497 e. The van der Waals surface area contributed by atoms with Crippen LogP contribution in [0, 0.1) is 0 Å². The summed E-state index contributed by atoms with van der Waals surface area (Å²) in [7, 11) is 5.08. The number of ether oxygens (including phenoxy) is 4. The fourth-order valence-electron chi connectivity index (χ4n) is 2.01. The van der Waals surface area contributed by atoms with Crippen molar-refractivity contribution in [2.45, 2.75) is 12.8 Å². The number of halogens is 1. The van der Waals surface area contributed by atoms with Crippen molar-refractivity contribution in [2.75, 3.05) is 60.8 Å². The summed E-state index contributed by atoms with van der Waals surface area (Å²) in [5, 5.41) is 6.52. The van der Waals surface area contributed by atoms with Crippen LogP contribution in [0.4, 0.5) is 0 Å². The van der Waals surface area contributed by atoms with Gasteiger partial charge in [0.2, 0.25) is 0 Å². The molecule has 0 heterocycles. The number of benzene rings is 1. The number of guanidine groups is 1. The maximum atomic E-state index is 5.70. The summed E-state index contributed by atoms with van der Waals surface area (Å²) in [4.78, 5) is 4.19. The van der Waals surface area contributed by atoms with Crippen LogP contribution in [-0.2, 0) is 9.47 Å². The number of hydrogen-bond donors (Lipinski definition) is 2. The van der Waals surface area contributed by atoms with Gasteiger partial charge in [-0.25, -0.2) is 0 Å². The molecule has 0 saturated heterocycles. The van der Waals surface area contributed by atoms with Crippen molar-refractivity contribution < 1.29 is 18.9 Å². The molecule has 0 fully saturated rings. The molecule has 2 N–H and O–H groups in total. The van der Waals surface area contributed by atoms with Crippen LogP contribution in [0.25, 0.3) is 0 Å². The van der Waals surface area contributed by atoms with Crippen LogP contribution in [0.5, 0.6) is 11.5 Å². The topological polar surface area (TPSA) is 73.3 Å². The van der Waals surface area contributed by atoms with Gasteiger partial charge < -0.3 is 29.6 Å². The first-order valence-electron chi connectivity index (χ1n) is 8.58. The molecule has 0 aromatic heterocycles. The lowest BCUT2D eigenvalue weighted by atomic mass is 10.3. The highest BCUT2D eigenvalue weighted by Crippen LogP contribution is 2.18. The maximum Gasteiger partial charge on any atom is 0.190 e. The number of methoxy groups -OCH3 is 2. The van der Waals surface area contributed by atoms with Crippen LogP contribution in [0.15, 0.2) is 29.3 Å². The number of nitrogens with one attached hydrogen (secondary N) is 2. The molecule has 0 bridgehead atoms. The van der Waals surface area contributed by atoms with Gasteiger partial charge in [-0.3, -0.25) is 4.99 Å². The van der Waals surface area contributed by atoms with Crippen LogP contribution in [0.1, 0.15) is 12.8 Å². The Morgan fingerprint density at radius 3 is 2.31 bits per heavy atom. The lowest BCUT2D eigenvalue weighted by Gasteiger charge is -2.12. The van der Waals surface area contributed by atoms with Crippen molar-refractivity contribution >= 4 is 29.9 Å². The predicted octanol–water partition coefficient (Wildman–Crippen LogP) is 2.30. The minimum atomic E-state index is 0. The normalized spacial score (nSPS) is 10.8. The third-order valence-electron chi connectivity index (χ3n) is 3.34. The molecule has 0 amide bonds. The third kappa shape index (κ3) is 12.2. The standard InChI is InChI=1S/C18H31N3O4.HI/c1-19-18(20-9-5-11-24-14-13-22-2)21-10-6-12-25-17-8-4-7-16(15-17)23-3;/h4,7-8,15H,5-6,9-14H2,1-3H3,(H2,19,20,21);1H. The average molecular weight is 481 g/mol. The molecule has 1 rings (SSSR count). The van der Waals surface area contributed by atoms with Crippen LogP contribution >= 0.6 is 24.0 Å². The Hall–Kier alpha value is -1.26. The van der Waals surface area contributed by atoms with E-state index in [1.807, 2.05) is 24.3 Å². The molecule has 0 aliphatic carbocycles. The highest BCUT2D eigenvalue weighted by atomic mass is 127. The summed E-state index contributed by atoms with van der Waals surface area (Å²) in [6.07, 6.45) is 1.79. The molecule has 26 heavy (non-hydrogen) atoms. The van der Waals surface area contributed by atoms with Gasteiger partial charge in [0, 0.05) is 39.9 Å². The molecular weight excluding hydrogens is 449 g/mol. The maximum absolute atomic E-state index is 5.70. The van der Waals surface area contributed by atoms with E-state index in [0.717, 1.165) is 43.4 Å². The van der Waals surface area contributed by atoms with Crippen molar-refractivity contribution in [1.29, 1.82) is 0 Å². The fourth-order valence-corrected chi connectivity index (χ4v) is 2.01. The van der Waals surface area contributed by atoms with Gasteiger partial charge in [-0.05, 0) is 25.0 Å². The number of nitrogens with zero attached hydrogens (tertiary/aromatic N) is 1. The molecule has 0 radical (unpaired) electrons. The van der Waals surface area contributed by atoms with Crippen LogP contribution in [-0.4, -0.2) is 66.7 Å². The molecule has 0 aliphatic rings. The second kappa shape index (κ2) is 17.2. The monoisotopic (exact) mass is 481 g/mol. The van der Waals surface area contributed by atoms with Gasteiger partial charge >= 0.3 is 0 Å². The Morgan fingerprint density at radius 1 is 0.962 bits per heavy atom. The van der Waals surface area contributed by atoms with E-state index in [9.17, 15) is 0 Å². The quantitative estimate of drug-likeness (QED) is 0.195. The summed E-state index contributed by atoms with van der Waals surface area (Å²) in [5.74, 6) is 2.40. The third-order valence-corrected chi connectivity index (χ3v) is 3.34. The highest BCUT2D eigenvalue weighted by molar-refractivity contribution is 14.0. The smallest absolute Gasteiger partial charge is 0.190 e. The SMILES string of the molecule is CN=C(NCCCOCCOC)NCCCOc1cccc(OC)c1.I. The van der Waals surface area contributed by atoms with Gasteiger partial charge in [0.25, 0.3) is 0 Å². The fraction of sp³-hybridized carbons (Fsp3) is 0.611. The summed E-state index contributed by atoms with van der Waals surface area (Å²) in [6, 6.07) is 7.61. The summed E-state index contributed by atoms with van der Waals surface area (Å²) >= 11 is 0. The molecule has 0 saturated carbocycles. The average Bonchev–Trinajstić information content (AvgIpc) is 2.65. The van der Waals surface area contributed by atoms with Gasteiger partial charge in [0.1, 0.15) is 11.5 Å². The van der Waals surface area contributed by atoms with Crippen molar-refractivity contribution in [2.24, 2.45) is 4.99 Å². The minimum absolute atomic E-state index is 0. The first-order valence-corrected chi connectivity index (χ1v) is 8.58. The molecule has 7 nitrogen and oxygen atoms in total. The zero-order valence-corrected chi connectivity index (χ0v) is 18.3. The second-order valence-corrected chi connectivity index (χ2v) is 5.27. The van der Waals surface area contributed by atoms with Crippen molar-refractivity contribution in [3.63, 3.8) is 0 Å². The van der Waals surface area contributed by atoms with Gasteiger partial charge in [-0.15, -0.1) is 24.0 Å². The van der Waals surface area contributed by atoms with E-state index in [1.54, 1.807) is 21.3 Å². The lowest BCUT2D eigenvalue weighted by Crippen LogP contribution is -2.38. The van der Waals surface area contributed by atoms with E-state index in [1.165, 1.54) is 0 Å². The molecule has 0 spiro atoms. The Kier molecular flexibility index (Phi) is 16.3. The van der Waals surface area contributed by atoms with Gasteiger partial charge in [0.15, 0.2) is 5.96 Å². The molecule has 0 atom stereocenters. The zero-order chi connectivity index (χ0) is 18.2. The summed E-state index contributed by atoms with van der Waals surface area (Å²) in [6.45, 7) is 4.21. The molecular formula is C18H32IN3O4. The number of rotatable bonds is 13. The van der Waals surface area contributed by atoms with Gasteiger partial charge in [0.05, 0.1) is 26.9 Å². The van der Waals surface area contributed by atoms with Crippen molar-refractivity contribution in [3.8, 4) is 11.5 Å². The molecule has 1 aromatic carbocycles. The molecule has 0 aliphatic heterocycles. The Bertz CT molecular complexity index is 489. The Morgan fingerprint density at radius 2 is 1.65 bits per heavy atom. The van der Waals surface area contributed by atoms with E-state index in [-0.39, 0.29) is 24.0 Å². The van der Waals surface area contributed by atoms with Crippen molar-refractivity contribution in [1.82, 2.24) is 10.6 Å². The van der Waals surface area contributed by atoms with Gasteiger partial charge in [-0.2, -0.15) is 0 Å². The first-order chi connectivity index (χ1) is 12.3. The van der Waals surface area contributed by atoms with Crippen molar-refractivity contribution in [3.05, 3.63) is 24.3 Å². The van der Waals surface area contributed by atoms with E-state index in [4.69, 9.17) is 18.9 Å².